The Morgan fingerprint density at radius 1 is 1.38 bits per heavy atom. The zero-order valence-corrected chi connectivity index (χ0v) is 14.7. The lowest BCUT2D eigenvalue weighted by molar-refractivity contribution is -0.133. The van der Waals surface area contributed by atoms with Crippen LogP contribution in [0, 0.1) is 9.49 Å². The van der Waals surface area contributed by atoms with Crippen LogP contribution in [0.15, 0.2) is 29.4 Å². The molecular weight excluding hydrogens is 383 g/mol. The highest BCUT2D eigenvalue weighted by atomic mass is 127. The molecule has 1 aromatic carbocycles. The number of methoxy groups -OCH3 is 1. The van der Waals surface area contributed by atoms with Crippen LogP contribution in [0.3, 0.4) is 0 Å². The molecule has 1 atom stereocenters. The molecule has 0 bridgehead atoms. The molecule has 0 amide bonds. The fourth-order valence-electron chi connectivity index (χ4n) is 2.06. The highest BCUT2D eigenvalue weighted by Gasteiger charge is 2.32. The van der Waals surface area contributed by atoms with Crippen molar-refractivity contribution in [2.75, 3.05) is 19.2 Å². The van der Waals surface area contributed by atoms with Gasteiger partial charge in [0.25, 0.3) is 0 Å². The van der Waals surface area contributed by atoms with E-state index in [-0.39, 0.29) is 12.0 Å². The highest BCUT2D eigenvalue weighted by molar-refractivity contribution is 14.1. The Bertz CT molecular complexity index is 544. The zero-order valence-electron chi connectivity index (χ0n) is 12.5. The molecule has 0 spiro atoms. The SMILES string of the molecule is COC(=O)C1=NN(c2ccc(I)cc2)C(C(C)C)NN1C. The summed E-state index contributed by atoms with van der Waals surface area (Å²) >= 11 is 2.26. The number of ether oxygens (including phenoxy) is 1. The van der Waals surface area contributed by atoms with Crippen LogP contribution in [0.1, 0.15) is 13.8 Å². The summed E-state index contributed by atoms with van der Waals surface area (Å²) < 4.78 is 5.93. The quantitative estimate of drug-likeness (QED) is 0.620. The Hall–Kier alpha value is -1.35. The summed E-state index contributed by atoms with van der Waals surface area (Å²) in [4.78, 5) is 11.8. The largest absolute Gasteiger partial charge is 0.463 e. The summed E-state index contributed by atoms with van der Waals surface area (Å²) in [6.07, 6.45) is -0.0385. The number of hydrazine groups is 1. The Morgan fingerprint density at radius 2 is 2.00 bits per heavy atom. The van der Waals surface area contributed by atoms with Gasteiger partial charge in [0.2, 0.25) is 5.84 Å². The molecule has 1 unspecified atom stereocenters. The number of anilines is 1. The van der Waals surface area contributed by atoms with Crippen molar-refractivity contribution in [3.63, 3.8) is 0 Å². The van der Waals surface area contributed by atoms with E-state index in [0.717, 1.165) is 9.26 Å². The minimum atomic E-state index is -0.470. The smallest absolute Gasteiger partial charge is 0.377 e. The lowest BCUT2D eigenvalue weighted by atomic mass is 10.1. The van der Waals surface area contributed by atoms with E-state index < -0.39 is 5.97 Å². The number of halogens is 1. The van der Waals surface area contributed by atoms with Crippen LogP contribution in [0.25, 0.3) is 0 Å². The number of likely N-dealkylation sites (N-methyl/N-ethyl adjacent to an activating group) is 1. The molecule has 1 heterocycles. The fourth-order valence-corrected chi connectivity index (χ4v) is 2.42. The molecule has 0 fully saturated rings. The van der Waals surface area contributed by atoms with Gasteiger partial charge in [0.15, 0.2) is 0 Å². The molecule has 1 aromatic rings. The van der Waals surface area contributed by atoms with E-state index in [1.165, 1.54) is 7.11 Å². The summed E-state index contributed by atoms with van der Waals surface area (Å²) in [6.45, 7) is 4.20. The normalized spacial score (nSPS) is 18.8. The van der Waals surface area contributed by atoms with Crippen molar-refractivity contribution in [3.05, 3.63) is 27.8 Å². The van der Waals surface area contributed by atoms with Gasteiger partial charge in [0, 0.05) is 10.6 Å². The standard InChI is InChI=1S/C14H19IN4O2/c1-9(2)12-16-18(3)13(14(20)21-4)17-19(12)11-7-5-10(15)6-8-11/h5-9,12,16H,1-4H3. The van der Waals surface area contributed by atoms with E-state index in [1.54, 1.807) is 12.1 Å². The van der Waals surface area contributed by atoms with Crippen molar-refractivity contribution in [1.29, 1.82) is 0 Å². The van der Waals surface area contributed by atoms with Crippen LogP contribution in [-0.2, 0) is 9.53 Å². The van der Waals surface area contributed by atoms with Crippen molar-refractivity contribution in [2.45, 2.75) is 20.0 Å². The van der Waals surface area contributed by atoms with Crippen molar-refractivity contribution >= 4 is 40.1 Å². The van der Waals surface area contributed by atoms with E-state index in [2.05, 4.69) is 47.0 Å². The van der Waals surface area contributed by atoms with Crippen molar-refractivity contribution in [2.24, 2.45) is 11.0 Å². The monoisotopic (exact) mass is 402 g/mol. The van der Waals surface area contributed by atoms with Crippen LogP contribution in [-0.4, -0.2) is 37.1 Å². The van der Waals surface area contributed by atoms with Crippen LogP contribution in [0.5, 0.6) is 0 Å². The van der Waals surface area contributed by atoms with Gasteiger partial charge in [-0.05, 0) is 52.8 Å². The molecule has 2 rings (SSSR count). The van der Waals surface area contributed by atoms with Crippen molar-refractivity contribution in [1.82, 2.24) is 10.4 Å². The molecule has 114 valence electrons. The van der Waals surface area contributed by atoms with E-state index in [9.17, 15) is 4.79 Å². The summed E-state index contributed by atoms with van der Waals surface area (Å²) in [7, 11) is 3.11. The van der Waals surface area contributed by atoms with E-state index >= 15 is 0 Å². The van der Waals surface area contributed by atoms with Crippen molar-refractivity contribution in [3.8, 4) is 0 Å². The lowest BCUT2D eigenvalue weighted by Crippen LogP contribution is -2.61. The molecule has 0 radical (unpaired) electrons. The number of rotatable bonds is 3. The first-order valence-corrected chi connectivity index (χ1v) is 7.73. The predicted octanol–water partition coefficient (Wildman–Crippen LogP) is 2.02. The Morgan fingerprint density at radius 3 is 2.52 bits per heavy atom. The van der Waals surface area contributed by atoms with Gasteiger partial charge in [0.1, 0.15) is 6.17 Å². The van der Waals surface area contributed by atoms with Gasteiger partial charge >= 0.3 is 5.97 Å². The summed E-state index contributed by atoms with van der Waals surface area (Å²) in [5.74, 6) is 0.0605. The summed E-state index contributed by atoms with van der Waals surface area (Å²) in [5, 5.41) is 7.91. The van der Waals surface area contributed by atoms with Gasteiger partial charge in [-0.2, -0.15) is 0 Å². The number of benzene rings is 1. The molecule has 7 heteroatoms. The van der Waals surface area contributed by atoms with Gasteiger partial charge in [-0.25, -0.2) is 15.2 Å². The molecule has 0 saturated carbocycles. The van der Waals surface area contributed by atoms with Gasteiger partial charge in [-0.3, -0.25) is 5.01 Å². The van der Waals surface area contributed by atoms with Crippen LogP contribution in [0.4, 0.5) is 5.69 Å². The maximum atomic E-state index is 11.8. The molecule has 0 aliphatic carbocycles. The predicted molar refractivity (Wildman–Crippen MR) is 90.6 cm³/mol. The average molecular weight is 402 g/mol. The minimum absolute atomic E-state index is 0.0385. The van der Waals surface area contributed by atoms with Crippen LogP contribution < -0.4 is 10.4 Å². The summed E-state index contributed by atoms with van der Waals surface area (Å²) in [5.41, 5.74) is 4.20. The van der Waals surface area contributed by atoms with E-state index in [1.807, 2.05) is 29.3 Å². The second kappa shape index (κ2) is 6.61. The maximum absolute atomic E-state index is 11.8. The first-order valence-electron chi connectivity index (χ1n) is 6.65. The Kier molecular flexibility index (Phi) is 5.04. The van der Waals surface area contributed by atoms with Gasteiger partial charge in [0.05, 0.1) is 12.8 Å². The number of esters is 1. The van der Waals surface area contributed by atoms with Gasteiger partial charge in [-0.1, -0.05) is 13.8 Å². The molecule has 1 N–H and O–H groups in total. The third kappa shape index (κ3) is 3.46. The minimum Gasteiger partial charge on any atom is -0.463 e. The Balaban J connectivity index is 2.42. The summed E-state index contributed by atoms with van der Waals surface area (Å²) in [6, 6.07) is 8.00. The number of hydrogen-bond acceptors (Lipinski definition) is 6. The first-order chi connectivity index (χ1) is 9.93. The number of nitrogens with one attached hydrogen (secondary N) is 1. The third-order valence-corrected chi connectivity index (χ3v) is 3.92. The van der Waals surface area contributed by atoms with Crippen LogP contribution >= 0.6 is 22.6 Å². The first kappa shape index (κ1) is 16.0. The second-order valence-electron chi connectivity index (χ2n) is 5.11. The van der Waals surface area contributed by atoms with Gasteiger partial charge in [-0.15, -0.1) is 5.10 Å². The average Bonchev–Trinajstić information content (AvgIpc) is 2.47. The third-order valence-electron chi connectivity index (χ3n) is 3.20. The topological polar surface area (TPSA) is 57.2 Å². The van der Waals surface area contributed by atoms with E-state index in [0.29, 0.717) is 5.92 Å². The van der Waals surface area contributed by atoms with Crippen LogP contribution in [0.2, 0.25) is 0 Å². The lowest BCUT2D eigenvalue weighted by Gasteiger charge is -2.40. The number of hydrogen-bond donors (Lipinski definition) is 1. The number of carbonyl (C=O) groups is 1. The number of amidine groups is 1. The second-order valence-corrected chi connectivity index (χ2v) is 6.36. The zero-order chi connectivity index (χ0) is 15.6. The molecule has 21 heavy (non-hydrogen) atoms. The van der Waals surface area contributed by atoms with Crippen molar-refractivity contribution < 1.29 is 9.53 Å². The fraction of sp³-hybridized carbons (Fsp3) is 0.429. The number of carbonyl (C=O) groups excluding carboxylic acids is 1. The molecule has 1 aliphatic heterocycles. The maximum Gasteiger partial charge on any atom is 0.377 e. The molecule has 0 aromatic heterocycles. The Labute approximate surface area is 138 Å². The highest BCUT2D eigenvalue weighted by Crippen LogP contribution is 2.24. The number of hydrazone groups is 1. The molecular formula is C14H19IN4O2. The van der Waals surface area contributed by atoms with E-state index in [4.69, 9.17) is 4.74 Å². The van der Waals surface area contributed by atoms with Gasteiger partial charge < -0.3 is 4.74 Å². The molecule has 6 nitrogen and oxygen atoms in total. The molecule has 0 saturated heterocycles. The molecule has 1 aliphatic rings. The number of nitrogens with zero attached hydrogens (tertiary/aromatic N) is 3.